The smallest absolute Gasteiger partial charge is 0.419 e. The fourth-order valence-electron chi connectivity index (χ4n) is 5.09. The zero-order valence-corrected chi connectivity index (χ0v) is 19.1. The molecule has 0 bridgehead atoms. The number of benzene rings is 1. The number of ether oxygens (including phenoxy) is 2. The molecule has 2 atom stereocenters. The van der Waals surface area contributed by atoms with Gasteiger partial charge in [0, 0.05) is 18.5 Å². The summed E-state index contributed by atoms with van der Waals surface area (Å²) in [5.41, 5.74) is 3.83. The molecule has 2 aliphatic heterocycles. The maximum Gasteiger partial charge on any atom is 0.419 e. The maximum absolute atomic E-state index is 13.3. The van der Waals surface area contributed by atoms with Crippen molar-refractivity contribution in [2.45, 2.75) is 58.6 Å². The molecule has 0 saturated carbocycles. The highest BCUT2D eigenvalue weighted by Crippen LogP contribution is 2.45. The molecule has 0 radical (unpaired) electrons. The third-order valence-electron chi connectivity index (χ3n) is 6.43. The quantitative estimate of drug-likeness (QED) is 0.509. The Labute approximate surface area is 183 Å². The second-order valence-electron chi connectivity index (χ2n) is 9.51. The predicted octanol–water partition coefficient (Wildman–Crippen LogP) is 4.85. The monoisotopic (exact) mass is 424 g/mol. The third kappa shape index (κ3) is 4.01. The van der Waals surface area contributed by atoms with E-state index in [4.69, 9.17) is 9.47 Å². The molecule has 166 valence electrons. The Kier molecular flexibility index (Phi) is 5.69. The van der Waals surface area contributed by atoms with Crippen molar-refractivity contribution in [3.63, 3.8) is 0 Å². The molecule has 6 heteroatoms. The summed E-state index contributed by atoms with van der Waals surface area (Å²) in [6.07, 6.45) is 3.82. The van der Waals surface area contributed by atoms with E-state index in [2.05, 4.69) is 17.0 Å². The number of para-hydroxylation sites is 1. The van der Waals surface area contributed by atoms with Gasteiger partial charge in [0.05, 0.1) is 30.8 Å². The van der Waals surface area contributed by atoms with Gasteiger partial charge >= 0.3 is 12.1 Å². The van der Waals surface area contributed by atoms with Crippen LogP contribution >= 0.6 is 0 Å². The number of hydrogen-bond acceptors (Lipinski definition) is 5. The Morgan fingerprint density at radius 1 is 1.23 bits per heavy atom. The molecular weight excluding hydrogens is 392 g/mol. The van der Waals surface area contributed by atoms with Gasteiger partial charge in [-0.05, 0) is 58.1 Å². The van der Waals surface area contributed by atoms with Crippen LogP contribution in [0.15, 0.2) is 35.9 Å². The van der Waals surface area contributed by atoms with Crippen molar-refractivity contribution in [3.05, 3.63) is 47.2 Å². The highest BCUT2D eigenvalue weighted by atomic mass is 16.6. The number of allylic oxidation sites excluding steroid dienone is 1. The van der Waals surface area contributed by atoms with Crippen LogP contribution in [0.5, 0.6) is 0 Å². The normalized spacial score (nSPS) is 22.8. The SMILES string of the molecule is C/C=C1/CN2CCc3c(n(C(=O)OC(C)(C)C)c4ccccc34)[C@@H]2C[C@@H]1CC(=O)OC. The van der Waals surface area contributed by atoms with E-state index < -0.39 is 5.60 Å². The van der Waals surface area contributed by atoms with Crippen LogP contribution in [0.3, 0.4) is 0 Å². The molecule has 1 aromatic heterocycles. The first-order valence-electron chi connectivity index (χ1n) is 11.0. The molecule has 1 saturated heterocycles. The van der Waals surface area contributed by atoms with Crippen LogP contribution in [-0.4, -0.2) is 47.3 Å². The number of hydrogen-bond donors (Lipinski definition) is 0. The minimum absolute atomic E-state index is 0.0574. The lowest BCUT2D eigenvalue weighted by molar-refractivity contribution is -0.141. The number of piperidine rings is 1. The van der Waals surface area contributed by atoms with E-state index in [0.717, 1.165) is 42.5 Å². The first-order chi connectivity index (χ1) is 14.7. The van der Waals surface area contributed by atoms with Gasteiger partial charge in [0.1, 0.15) is 5.60 Å². The molecule has 0 N–H and O–H groups in total. The number of nitrogens with zero attached hydrogens (tertiary/aromatic N) is 2. The summed E-state index contributed by atoms with van der Waals surface area (Å²) in [7, 11) is 1.44. The van der Waals surface area contributed by atoms with Crippen LogP contribution in [0, 0.1) is 5.92 Å². The van der Waals surface area contributed by atoms with Gasteiger partial charge < -0.3 is 9.47 Å². The molecule has 6 nitrogen and oxygen atoms in total. The van der Waals surface area contributed by atoms with Gasteiger partial charge in [-0.1, -0.05) is 29.8 Å². The summed E-state index contributed by atoms with van der Waals surface area (Å²) < 4.78 is 12.5. The van der Waals surface area contributed by atoms with Crippen molar-refractivity contribution in [1.82, 2.24) is 9.47 Å². The van der Waals surface area contributed by atoms with Crippen molar-refractivity contribution >= 4 is 23.0 Å². The fourth-order valence-corrected chi connectivity index (χ4v) is 5.09. The summed E-state index contributed by atoms with van der Waals surface area (Å²) in [6, 6.07) is 8.13. The van der Waals surface area contributed by atoms with E-state index in [1.54, 1.807) is 4.57 Å². The van der Waals surface area contributed by atoms with Crippen LogP contribution < -0.4 is 0 Å². The zero-order chi connectivity index (χ0) is 22.3. The minimum Gasteiger partial charge on any atom is -0.469 e. The molecule has 0 spiro atoms. The van der Waals surface area contributed by atoms with Crippen LogP contribution in [0.25, 0.3) is 10.9 Å². The number of rotatable bonds is 2. The summed E-state index contributed by atoms with van der Waals surface area (Å²) in [5, 5.41) is 1.12. The molecule has 1 aromatic carbocycles. The predicted molar refractivity (Wildman–Crippen MR) is 120 cm³/mol. The van der Waals surface area contributed by atoms with Gasteiger partial charge in [0.2, 0.25) is 0 Å². The average molecular weight is 425 g/mol. The first-order valence-corrected chi connectivity index (χ1v) is 11.0. The lowest BCUT2D eigenvalue weighted by Crippen LogP contribution is -2.44. The fraction of sp³-hybridized carbons (Fsp3) is 0.520. The Morgan fingerprint density at radius 2 is 1.97 bits per heavy atom. The molecule has 0 amide bonds. The van der Waals surface area contributed by atoms with E-state index in [-0.39, 0.29) is 24.0 Å². The van der Waals surface area contributed by atoms with E-state index in [9.17, 15) is 9.59 Å². The van der Waals surface area contributed by atoms with Gasteiger partial charge in [0.15, 0.2) is 0 Å². The minimum atomic E-state index is -0.582. The van der Waals surface area contributed by atoms with Crippen molar-refractivity contribution in [3.8, 4) is 0 Å². The molecule has 2 aromatic rings. The second-order valence-corrected chi connectivity index (χ2v) is 9.51. The van der Waals surface area contributed by atoms with E-state index in [1.807, 2.05) is 45.9 Å². The Bertz CT molecular complexity index is 1040. The van der Waals surface area contributed by atoms with Crippen molar-refractivity contribution in [1.29, 1.82) is 0 Å². The second kappa shape index (κ2) is 8.15. The molecule has 4 rings (SSSR count). The largest absolute Gasteiger partial charge is 0.469 e. The van der Waals surface area contributed by atoms with E-state index in [1.165, 1.54) is 18.2 Å². The standard InChI is InChI=1S/C25H32N2O4/c1-6-16-15-26-12-11-19-18-9-7-8-10-20(18)27(24(29)31-25(2,3)4)23(19)21(26)13-17(16)14-22(28)30-5/h6-10,17,21H,11-15H2,1-5H3/b16-6-/t17-,21+/m1/s1. The molecule has 1 fully saturated rings. The van der Waals surface area contributed by atoms with Crippen LogP contribution in [0.1, 0.15) is 57.8 Å². The van der Waals surface area contributed by atoms with Gasteiger partial charge in [-0.25, -0.2) is 9.36 Å². The summed E-state index contributed by atoms with van der Waals surface area (Å²) >= 11 is 0. The van der Waals surface area contributed by atoms with E-state index in [0.29, 0.717) is 6.42 Å². The Balaban J connectivity index is 1.82. The maximum atomic E-state index is 13.3. The highest BCUT2D eigenvalue weighted by Gasteiger charge is 2.41. The molecule has 0 unspecified atom stereocenters. The Hall–Kier alpha value is -2.60. The van der Waals surface area contributed by atoms with Crippen LogP contribution in [0.4, 0.5) is 4.79 Å². The Morgan fingerprint density at radius 3 is 2.65 bits per heavy atom. The van der Waals surface area contributed by atoms with Crippen molar-refractivity contribution in [2.75, 3.05) is 20.2 Å². The van der Waals surface area contributed by atoms with Crippen molar-refractivity contribution in [2.24, 2.45) is 5.92 Å². The van der Waals surface area contributed by atoms with Gasteiger partial charge in [-0.3, -0.25) is 9.69 Å². The number of aromatic nitrogens is 1. The summed E-state index contributed by atoms with van der Waals surface area (Å²) in [5.74, 6) is -0.0868. The number of esters is 1. The van der Waals surface area contributed by atoms with Crippen molar-refractivity contribution < 1.29 is 19.1 Å². The van der Waals surface area contributed by atoms with Crippen LogP contribution in [0.2, 0.25) is 0 Å². The number of methoxy groups -OCH3 is 1. The van der Waals surface area contributed by atoms with Gasteiger partial charge in [-0.2, -0.15) is 0 Å². The van der Waals surface area contributed by atoms with E-state index >= 15 is 0 Å². The highest BCUT2D eigenvalue weighted by molar-refractivity contribution is 5.94. The summed E-state index contributed by atoms with van der Waals surface area (Å²) in [4.78, 5) is 27.9. The topological polar surface area (TPSA) is 60.8 Å². The molecule has 2 aliphatic rings. The molecular formula is C25H32N2O4. The lowest BCUT2D eigenvalue weighted by atomic mass is 9.80. The first kappa shape index (κ1) is 21.6. The van der Waals surface area contributed by atoms with Gasteiger partial charge in [0.25, 0.3) is 0 Å². The molecule has 0 aliphatic carbocycles. The molecule has 3 heterocycles. The zero-order valence-electron chi connectivity index (χ0n) is 19.1. The number of fused-ring (bicyclic) bond motifs is 5. The third-order valence-corrected chi connectivity index (χ3v) is 6.43. The molecule has 31 heavy (non-hydrogen) atoms. The van der Waals surface area contributed by atoms with Crippen LogP contribution in [-0.2, 0) is 20.7 Å². The van der Waals surface area contributed by atoms with Gasteiger partial charge in [-0.15, -0.1) is 0 Å². The average Bonchev–Trinajstić information content (AvgIpc) is 3.07. The lowest BCUT2D eigenvalue weighted by Gasteiger charge is -2.44. The number of carbonyl (C=O) groups is 2. The summed E-state index contributed by atoms with van der Waals surface area (Å²) in [6.45, 7) is 9.44. The number of carbonyl (C=O) groups excluding carboxylic acids is 2.